The van der Waals surface area contributed by atoms with E-state index in [0.717, 1.165) is 37.0 Å². The van der Waals surface area contributed by atoms with Gasteiger partial charge >= 0.3 is 0 Å². The van der Waals surface area contributed by atoms with Crippen LogP contribution in [0.2, 0.25) is 0 Å². The van der Waals surface area contributed by atoms with Gasteiger partial charge in [0.05, 0.1) is 0 Å². The molecule has 0 radical (unpaired) electrons. The lowest BCUT2D eigenvalue weighted by molar-refractivity contribution is 0.413. The summed E-state index contributed by atoms with van der Waals surface area (Å²) in [5.41, 5.74) is 0. The minimum Gasteiger partial charge on any atom is -0.356 e. The van der Waals surface area contributed by atoms with Crippen LogP contribution in [0, 0.1) is 5.92 Å². The average molecular weight is 314 g/mol. The van der Waals surface area contributed by atoms with E-state index in [9.17, 15) is 4.21 Å². The van der Waals surface area contributed by atoms with Crippen LogP contribution < -0.4 is 10.6 Å². The van der Waals surface area contributed by atoms with Gasteiger partial charge in [-0.3, -0.25) is 9.20 Å². The van der Waals surface area contributed by atoms with E-state index >= 15 is 0 Å². The molecule has 122 valence electrons. The highest BCUT2D eigenvalue weighted by Crippen LogP contribution is 2.33. The van der Waals surface area contributed by atoms with Gasteiger partial charge in [-0.05, 0) is 38.0 Å². The molecule has 2 aliphatic carbocycles. The van der Waals surface area contributed by atoms with Crippen molar-refractivity contribution < 1.29 is 4.21 Å². The van der Waals surface area contributed by atoms with Crippen molar-refractivity contribution in [2.24, 2.45) is 10.9 Å². The van der Waals surface area contributed by atoms with Crippen molar-refractivity contribution >= 4 is 16.8 Å². The van der Waals surface area contributed by atoms with Gasteiger partial charge in [0.2, 0.25) is 0 Å². The highest BCUT2D eigenvalue weighted by Gasteiger charge is 2.26. The number of nitrogens with one attached hydrogen (secondary N) is 2. The van der Waals surface area contributed by atoms with Crippen molar-refractivity contribution in [3.8, 4) is 0 Å². The molecular weight excluding hydrogens is 282 g/mol. The molecule has 0 aliphatic heterocycles. The van der Waals surface area contributed by atoms with Crippen molar-refractivity contribution in [3.63, 3.8) is 0 Å². The second-order valence-corrected chi connectivity index (χ2v) is 8.39. The molecule has 0 aromatic rings. The maximum Gasteiger partial charge on any atom is 0.191 e. The summed E-state index contributed by atoms with van der Waals surface area (Å²) in [7, 11) is 1.18. The molecule has 21 heavy (non-hydrogen) atoms. The Bertz CT molecular complexity index is 369. The number of nitrogens with zero attached hydrogens (tertiary/aromatic N) is 1. The third kappa shape index (κ3) is 5.97. The summed E-state index contributed by atoms with van der Waals surface area (Å²) >= 11 is 0. The fourth-order valence-corrected chi connectivity index (χ4v) is 4.49. The highest BCUT2D eigenvalue weighted by molar-refractivity contribution is 7.85. The fourth-order valence-electron chi connectivity index (χ4n) is 3.14. The summed E-state index contributed by atoms with van der Waals surface area (Å²) in [4.78, 5) is 4.32. The van der Waals surface area contributed by atoms with Crippen molar-refractivity contribution in [3.05, 3.63) is 0 Å². The van der Waals surface area contributed by atoms with Crippen LogP contribution in [-0.2, 0) is 10.8 Å². The van der Waals surface area contributed by atoms with E-state index in [4.69, 9.17) is 0 Å². The lowest BCUT2D eigenvalue weighted by atomic mass is 9.95. The summed E-state index contributed by atoms with van der Waals surface area (Å²) in [6, 6.07) is 0.425. The standard InChI is InChI=1S/C16H31N3OS/c1-3-21(20)15-8-4-7-14(12-15)19-16(17-2)18-11-5-6-13-9-10-13/h13-15H,3-12H2,1-2H3,(H2,17,18,19). The van der Waals surface area contributed by atoms with Gasteiger partial charge in [0.1, 0.15) is 0 Å². The van der Waals surface area contributed by atoms with Crippen LogP contribution in [0.1, 0.15) is 58.3 Å². The summed E-state index contributed by atoms with van der Waals surface area (Å²) in [5.74, 6) is 2.70. The van der Waals surface area contributed by atoms with Gasteiger partial charge < -0.3 is 10.6 Å². The summed E-state index contributed by atoms with van der Waals surface area (Å²) in [6.07, 6.45) is 9.93. The van der Waals surface area contributed by atoms with Crippen molar-refractivity contribution in [1.29, 1.82) is 0 Å². The van der Waals surface area contributed by atoms with E-state index in [0.29, 0.717) is 11.3 Å². The van der Waals surface area contributed by atoms with Gasteiger partial charge in [0, 0.05) is 41.4 Å². The van der Waals surface area contributed by atoms with Gasteiger partial charge in [-0.15, -0.1) is 0 Å². The van der Waals surface area contributed by atoms with Gasteiger partial charge in [-0.25, -0.2) is 0 Å². The Morgan fingerprint density at radius 3 is 2.76 bits per heavy atom. The van der Waals surface area contributed by atoms with Crippen molar-refractivity contribution in [2.75, 3.05) is 19.3 Å². The minimum atomic E-state index is -0.656. The molecule has 0 bridgehead atoms. The Morgan fingerprint density at radius 1 is 1.29 bits per heavy atom. The third-order valence-electron chi connectivity index (χ3n) is 4.63. The Labute approximate surface area is 132 Å². The Balaban J connectivity index is 1.68. The lowest BCUT2D eigenvalue weighted by Gasteiger charge is -2.30. The number of guanidine groups is 1. The third-order valence-corrected chi connectivity index (χ3v) is 6.37. The normalized spacial score (nSPS) is 28.2. The molecule has 3 unspecified atom stereocenters. The molecule has 4 nitrogen and oxygen atoms in total. The van der Waals surface area contributed by atoms with Gasteiger partial charge in [-0.2, -0.15) is 0 Å². The minimum absolute atomic E-state index is 0.370. The largest absolute Gasteiger partial charge is 0.356 e. The fraction of sp³-hybridized carbons (Fsp3) is 0.938. The Morgan fingerprint density at radius 2 is 2.10 bits per heavy atom. The van der Waals surface area contributed by atoms with Crippen LogP contribution in [-0.4, -0.2) is 40.8 Å². The zero-order valence-electron chi connectivity index (χ0n) is 13.6. The lowest BCUT2D eigenvalue weighted by Crippen LogP contribution is -2.46. The first-order valence-electron chi connectivity index (χ1n) is 8.57. The molecule has 3 atom stereocenters. The van der Waals surface area contributed by atoms with Crippen LogP contribution in [0.15, 0.2) is 4.99 Å². The van der Waals surface area contributed by atoms with E-state index in [2.05, 4.69) is 15.6 Å². The first-order chi connectivity index (χ1) is 10.2. The van der Waals surface area contributed by atoms with Crippen LogP contribution >= 0.6 is 0 Å². The van der Waals surface area contributed by atoms with E-state index in [1.165, 1.54) is 38.5 Å². The molecule has 0 spiro atoms. The zero-order chi connectivity index (χ0) is 15.1. The predicted octanol–water partition coefficient (Wildman–Crippen LogP) is 2.42. The quantitative estimate of drug-likeness (QED) is 0.431. The molecule has 2 N–H and O–H groups in total. The number of hydrogen-bond donors (Lipinski definition) is 2. The van der Waals surface area contributed by atoms with Gasteiger partial charge in [0.25, 0.3) is 0 Å². The molecule has 2 saturated carbocycles. The number of rotatable bonds is 7. The van der Waals surface area contributed by atoms with Gasteiger partial charge in [-0.1, -0.05) is 26.2 Å². The van der Waals surface area contributed by atoms with E-state index < -0.39 is 10.8 Å². The summed E-state index contributed by atoms with van der Waals surface area (Å²) in [6.45, 7) is 3.03. The maximum absolute atomic E-state index is 12.0. The second-order valence-electron chi connectivity index (χ2n) is 6.38. The summed E-state index contributed by atoms with van der Waals surface area (Å²) in [5, 5.41) is 7.31. The maximum atomic E-state index is 12.0. The van der Waals surface area contributed by atoms with Crippen molar-refractivity contribution in [1.82, 2.24) is 10.6 Å². The zero-order valence-corrected chi connectivity index (χ0v) is 14.4. The van der Waals surface area contributed by atoms with E-state index in [1.807, 2.05) is 14.0 Å². The molecule has 0 amide bonds. The Kier molecular flexibility index (Phi) is 7.00. The SMILES string of the molecule is CCS(=O)C1CCCC(NC(=NC)NCCCC2CC2)C1. The molecule has 2 rings (SSSR count). The van der Waals surface area contributed by atoms with E-state index in [1.54, 1.807) is 0 Å². The molecule has 0 heterocycles. The average Bonchev–Trinajstić information content (AvgIpc) is 3.34. The van der Waals surface area contributed by atoms with E-state index in [-0.39, 0.29) is 0 Å². The monoisotopic (exact) mass is 313 g/mol. The first-order valence-corrected chi connectivity index (χ1v) is 9.95. The number of hydrogen-bond acceptors (Lipinski definition) is 2. The van der Waals surface area contributed by atoms with Crippen LogP contribution in [0.4, 0.5) is 0 Å². The predicted molar refractivity (Wildman–Crippen MR) is 91.2 cm³/mol. The smallest absolute Gasteiger partial charge is 0.191 e. The molecule has 2 fully saturated rings. The van der Waals surface area contributed by atoms with Crippen LogP contribution in [0.3, 0.4) is 0 Å². The molecule has 5 heteroatoms. The van der Waals surface area contributed by atoms with Crippen molar-refractivity contribution in [2.45, 2.75) is 69.6 Å². The highest BCUT2D eigenvalue weighted by atomic mass is 32.2. The summed E-state index contributed by atoms with van der Waals surface area (Å²) < 4.78 is 12.0. The topological polar surface area (TPSA) is 53.5 Å². The molecule has 2 aliphatic rings. The molecular formula is C16H31N3OS. The van der Waals surface area contributed by atoms with Gasteiger partial charge in [0.15, 0.2) is 5.96 Å². The Hall–Kier alpha value is -0.580. The second kappa shape index (κ2) is 8.76. The molecule has 0 aromatic heterocycles. The molecule has 0 saturated heterocycles. The first kappa shape index (κ1) is 16.8. The number of aliphatic imine (C=N–C) groups is 1. The van der Waals surface area contributed by atoms with Crippen LogP contribution in [0.5, 0.6) is 0 Å². The molecule has 0 aromatic carbocycles. The van der Waals surface area contributed by atoms with Crippen LogP contribution in [0.25, 0.3) is 0 Å².